The highest BCUT2D eigenvalue weighted by Crippen LogP contribution is 2.35. The normalized spacial score (nSPS) is 12.5. The monoisotopic (exact) mass is 494 g/mol. The van der Waals surface area contributed by atoms with Crippen molar-refractivity contribution in [1.82, 2.24) is 19.5 Å². The number of benzene rings is 2. The second-order valence-corrected chi connectivity index (χ2v) is 10.6. The molecule has 0 saturated heterocycles. The molecule has 5 rings (SSSR count). The van der Waals surface area contributed by atoms with Crippen LogP contribution in [0.5, 0.6) is 0 Å². The largest absolute Gasteiger partial charge is 0.309 e. The summed E-state index contributed by atoms with van der Waals surface area (Å²) in [5.41, 5.74) is 1.75. The molecule has 3 aromatic heterocycles. The minimum Gasteiger partial charge on any atom is -0.309 e. The van der Waals surface area contributed by atoms with Gasteiger partial charge in [0.15, 0.2) is 5.16 Å². The van der Waals surface area contributed by atoms with Crippen LogP contribution in [-0.2, 0) is 0 Å². The van der Waals surface area contributed by atoms with Gasteiger partial charge >= 0.3 is 0 Å². The number of aryl methyl sites for hydroxylation is 2. The van der Waals surface area contributed by atoms with Crippen molar-refractivity contribution in [1.29, 1.82) is 0 Å². The summed E-state index contributed by atoms with van der Waals surface area (Å²) in [5, 5.41) is 1.79. The molecule has 2 aromatic carbocycles. The molecule has 0 fully saturated rings. The first-order valence-corrected chi connectivity index (χ1v) is 12.4. The van der Waals surface area contributed by atoms with E-state index >= 15 is 0 Å². The first kappa shape index (κ1) is 21.9. The number of thioether (sulfide) groups is 1. The van der Waals surface area contributed by atoms with E-state index in [1.165, 1.54) is 27.7 Å². The zero-order chi connectivity index (χ0) is 23.3. The first-order valence-electron chi connectivity index (χ1n) is 10.3. The lowest BCUT2D eigenvalue weighted by Gasteiger charge is -2.17. The third-order valence-electron chi connectivity index (χ3n) is 5.56. The van der Waals surface area contributed by atoms with E-state index < -0.39 is 0 Å². The highest BCUT2D eigenvalue weighted by Gasteiger charge is 2.21. The van der Waals surface area contributed by atoms with Gasteiger partial charge in [-0.15, -0.1) is 11.3 Å². The Morgan fingerprint density at radius 3 is 2.58 bits per heavy atom. The van der Waals surface area contributed by atoms with Crippen LogP contribution in [0.2, 0.25) is 5.02 Å². The van der Waals surface area contributed by atoms with Crippen LogP contribution in [0.1, 0.15) is 28.4 Å². The highest BCUT2D eigenvalue weighted by atomic mass is 35.5. The average molecular weight is 495 g/mol. The summed E-state index contributed by atoms with van der Waals surface area (Å²) in [4.78, 5) is 40.4. The van der Waals surface area contributed by atoms with Crippen LogP contribution >= 0.6 is 34.7 Å². The summed E-state index contributed by atoms with van der Waals surface area (Å²) in [7, 11) is 0. The number of H-pyrrole nitrogens is 1. The van der Waals surface area contributed by atoms with Gasteiger partial charge in [0.1, 0.15) is 10.7 Å². The Morgan fingerprint density at radius 2 is 1.79 bits per heavy atom. The molecule has 0 aliphatic heterocycles. The number of fused-ring (bicyclic) bond motifs is 2. The Kier molecular flexibility index (Phi) is 5.60. The summed E-state index contributed by atoms with van der Waals surface area (Å²) >= 11 is 9.31. The predicted molar refractivity (Wildman–Crippen MR) is 136 cm³/mol. The van der Waals surface area contributed by atoms with E-state index in [2.05, 4.69) is 4.98 Å². The molecule has 5 aromatic rings. The van der Waals surface area contributed by atoms with Crippen LogP contribution in [0, 0.1) is 13.8 Å². The van der Waals surface area contributed by atoms with Gasteiger partial charge < -0.3 is 4.98 Å². The molecule has 1 atom stereocenters. The number of nitrogens with one attached hydrogen (secondary N) is 1. The SMILES string of the molecule is Cc1sc2nc(C(C)Sc3nc4ccccc4c(=O)n3-c3ccccc3Cl)[nH]c(=O)c2c1C. The summed E-state index contributed by atoms with van der Waals surface area (Å²) in [6, 6.07) is 14.4. The topological polar surface area (TPSA) is 80.6 Å². The van der Waals surface area contributed by atoms with Gasteiger partial charge in [0, 0.05) is 4.88 Å². The molecule has 1 N–H and O–H groups in total. The summed E-state index contributed by atoms with van der Waals surface area (Å²) < 4.78 is 1.53. The fraction of sp³-hybridized carbons (Fsp3) is 0.167. The minimum atomic E-state index is -0.272. The van der Waals surface area contributed by atoms with Crippen molar-refractivity contribution in [2.45, 2.75) is 31.2 Å². The van der Waals surface area contributed by atoms with E-state index in [0.717, 1.165) is 10.4 Å². The molecule has 3 heterocycles. The van der Waals surface area contributed by atoms with Crippen molar-refractivity contribution < 1.29 is 0 Å². The fourth-order valence-electron chi connectivity index (χ4n) is 3.71. The Bertz CT molecular complexity index is 1650. The van der Waals surface area contributed by atoms with E-state index in [1.54, 1.807) is 18.2 Å². The van der Waals surface area contributed by atoms with Crippen molar-refractivity contribution in [3.05, 3.63) is 90.5 Å². The molecule has 166 valence electrons. The van der Waals surface area contributed by atoms with Gasteiger partial charge in [0.05, 0.1) is 32.2 Å². The van der Waals surface area contributed by atoms with E-state index in [9.17, 15) is 9.59 Å². The minimum absolute atomic E-state index is 0.153. The van der Waals surface area contributed by atoms with Crippen molar-refractivity contribution in [2.24, 2.45) is 0 Å². The summed E-state index contributed by atoms with van der Waals surface area (Å²) in [6.45, 7) is 5.85. The van der Waals surface area contributed by atoms with E-state index in [0.29, 0.717) is 42.8 Å². The number of thiophene rings is 1. The van der Waals surface area contributed by atoms with Gasteiger partial charge in [-0.25, -0.2) is 9.97 Å². The van der Waals surface area contributed by atoms with E-state index in [1.807, 2.05) is 51.1 Å². The van der Waals surface area contributed by atoms with Crippen LogP contribution in [0.3, 0.4) is 0 Å². The zero-order valence-electron chi connectivity index (χ0n) is 18.0. The lowest BCUT2D eigenvalue weighted by Crippen LogP contribution is -2.22. The molecule has 0 bridgehead atoms. The third kappa shape index (κ3) is 3.78. The van der Waals surface area contributed by atoms with Gasteiger partial charge in [-0.05, 0) is 50.6 Å². The Labute approximate surface area is 202 Å². The molecule has 6 nitrogen and oxygen atoms in total. The van der Waals surface area contributed by atoms with Crippen LogP contribution in [0.4, 0.5) is 0 Å². The maximum absolute atomic E-state index is 13.5. The molecule has 0 saturated carbocycles. The standard InChI is InChI=1S/C24H19ClN4O2S2/c1-12-13(2)32-22-19(12)21(30)27-20(28-22)14(3)33-24-26-17-10-6-4-8-15(17)23(31)29(24)18-11-7-5-9-16(18)25/h4-11,14H,1-3H3,(H,27,28,30). The van der Waals surface area contributed by atoms with Crippen molar-refractivity contribution >= 4 is 55.8 Å². The van der Waals surface area contributed by atoms with Crippen LogP contribution in [0.15, 0.2) is 63.3 Å². The second-order valence-electron chi connectivity index (χ2n) is 7.68. The summed E-state index contributed by atoms with van der Waals surface area (Å²) in [5.74, 6) is 0.534. The van der Waals surface area contributed by atoms with Crippen molar-refractivity contribution in [3.8, 4) is 5.69 Å². The van der Waals surface area contributed by atoms with Gasteiger partial charge in [0.2, 0.25) is 0 Å². The number of halogens is 1. The average Bonchev–Trinajstić information content (AvgIpc) is 3.08. The maximum atomic E-state index is 13.5. The zero-order valence-corrected chi connectivity index (χ0v) is 20.4. The van der Waals surface area contributed by atoms with Crippen molar-refractivity contribution in [2.75, 3.05) is 0 Å². The van der Waals surface area contributed by atoms with Gasteiger partial charge in [-0.3, -0.25) is 14.2 Å². The molecule has 0 radical (unpaired) electrons. The number of aromatic nitrogens is 4. The van der Waals surface area contributed by atoms with E-state index in [4.69, 9.17) is 21.6 Å². The quantitative estimate of drug-likeness (QED) is 0.252. The van der Waals surface area contributed by atoms with Gasteiger partial charge in [0.25, 0.3) is 11.1 Å². The highest BCUT2D eigenvalue weighted by molar-refractivity contribution is 7.99. The lowest BCUT2D eigenvalue weighted by molar-refractivity contribution is 0.810. The summed E-state index contributed by atoms with van der Waals surface area (Å²) in [6.07, 6.45) is 0. The Hall–Kier alpha value is -2.94. The number of nitrogens with zero attached hydrogens (tertiary/aromatic N) is 3. The number of para-hydroxylation sites is 2. The van der Waals surface area contributed by atoms with Crippen LogP contribution in [-0.4, -0.2) is 19.5 Å². The third-order valence-corrected chi connectivity index (χ3v) is 8.05. The second kappa shape index (κ2) is 8.44. The lowest BCUT2D eigenvalue weighted by atomic mass is 10.2. The van der Waals surface area contributed by atoms with Gasteiger partial charge in [-0.2, -0.15) is 0 Å². The first-order chi connectivity index (χ1) is 15.8. The van der Waals surface area contributed by atoms with Gasteiger partial charge in [-0.1, -0.05) is 47.6 Å². The molecule has 0 amide bonds. The molecule has 1 unspecified atom stereocenters. The number of rotatable bonds is 4. The Morgan fingerprint density at radius 1 is 1.06 bits per heavy atom. The molecule has 9 heteroatoms. The number of aromatic amines is 1. The van der Waals surface area contributed by atoms with E-state index in [-0.39, 0.29) is 16.4 Å². The molecular formula is C24H19ClN4O2S2. The molecule has 0 aliphatic rings. The molecule has 0 spiro atoms. The Balaban J connectivity index is 1.67. The number of hydrogen-bond acceptors (Lipinski definition) is 6. The fourth-order valence-corrected chi connectivity index (χ4v) is 5.95. The smallest absolute Gasteiger partial charge is 0.266 e. The predicted octanol–water partition coefficient (Wildman–Crippen LogP) is 5.81. The van der Waals surface area contributed by atoms with Crippen molar-refractivity contribution in [3.63, 3.8) is 0 Å². The molecule has 33 heavy (non-hydrogen) atoms. The van der Waals surface area contributed by atoms with Crippen LogP contribution in [0.25, 0.3) is 26.8 Å². The number of hydrogen-bond donors (Lipinski definition) is 1. The maximum Gasteiger partial charge on any atom is 0.266 e. The van der Waals surface area contributed by atoms with Crippen LogP contribution < -0.4 is 11.1 Å². The molecule has 0 aliphatic carbocycles. The molecular weight excluding hydrogens is 476 g/mol.